The lowest BCUT2D eigenvalue weighted by atomic mass is 10.1. The predicted octanol–water partition coefficient (Wildman–Crippen LogP) is 3.27. The van der Waals surface area contributed by atoms with Crippen molar-refractivity contribution < 1.29 is 28.8 Å². The van der Waals surface area contributed by atoms with Crippen molar-refractivity contribution in [1.29, 1.82) is 0 Å². The van der Waals surface area contributed by atoms with E-state index in [0.29, 0.717) is 11.4 Å². The van der Waals surface area contributed by atoms with Crippen LogP contribution in [0.1, 0.15) is 20.7 Å². The maximum atomic E-state index is 13.3. The number of carbonyl (C=O) groups excluding carboxylic acids is 3. The van der Waals surface area contributed by atoms with E-state index in [4.69, 9.17) is 9.47 Å². The summed E-state index contributed by atoms with van der Waals surface area (Å²) >= 11 is 0. The van der Waals surface area contributed by atoms with E-state index >= 15 is 0 Å². The molecule has 34 heavy (non-hydrogen) atoms. The highest BCUT2D eigenvalue weighted by molar-refractivity contribution is 6.21. The molecule has 3 aromatic rings. The molecule has 3 amide bonds. The van der Waals surface area contributed by atoms with Crippen LogP contribution in [-0.2, 0) is 4.79 Å². The van der Waals surface area contributed by atoms with Gasteiger partial charge in [0.25, 0.3) is 17.7 Å². The van der Waals surface area contributed by atoms with Gasteiger partial charge in [-0.3, -0.25) is 34.3 Å². The first-order valence-corrected chi connectivity index (χ1v) is 10.2. The lowest BCUT2D eigenvalue weighted by Gasteiger charge is -2.28. The number of nitrogens with zero attached hydrogens (tertiary/aromatic N) is 3. The van der Waals surface area contributed by atoms with Gasteiger partial charge >= 0.3 is 5.69 Å². The van der Waals surface area contributed by atoms with Gasteiger partial charge in [-0.25, -0.2) is 0 Å². The van der Waals surface area contributed by atoms with Crippen molar-refractivity contribution in [1.82, 2.24) is 4.90 Å². The Balaban J connectivity index is 1.63. The van der Waals surface area contributed by atoms with Gasteiger partial charge in [0.15, 0.2) is 12.4 Å². The minimum Gasteiger partial charge on any atom is -0.495 e. The van der Waals surface area contributed by atoms with E-state index in [1.165, 1.54) is 30.2 Å². The molecule has 10 heteroatoms. The van der Waals surface area contributed by atoms with Gasteiger partial charge in [0.05, 0.1) is 28.8 Å². The molecule has 0 saturated heterocycles. The van der Waals surface area contributed by atoms with E-state index in [2.05, 4.69) is 0 Å². The number of ether oxygens (including phenoxy) is 2. The number of hydrogen-bond donors (Lipinski definition) is 0. The van der Waals surface area contributed by atoms with Gasteiger partial charge in [-0.15, -0.1) is 0 Å². The predicted molar refractivity (Wildman–Crippen MR) is 121 cm³/mol. The highest BCUT2D eigenvalue weighted by atomic mass is 16.6. The molecule has 1 heterocycles. The molecular formula is C24H19N3O7. The molecule has 0 saturated carbocycles. The zero-order chi connectivity index (χ0) is 24.2. The summed E-state index contributed by atoms with van der Waals surface area (Å²) in [4.78, 5) is 51.8. The molecule has 0 unspecified atom stereocenters. The van der Waals surface area contributed by atoms with Crippen LogP contribution in [0.4, 0.5) is 11.4 Å². The van der Waals surface area contributed by atoms with E-state index < -0.39 is 35.9 Å². The Morgan fingerprint density at radius 3 is 2.09 bits per heavy atom. The quantitative estimate of drug-likeness (QED) is 0.287. The number of nitro groups is 1. The number of anilines is 1. The molecule has 0 aliphatic carbocycles. The van der Waals surface area contributed by atoms with Crippen LogP contribution in [0.3, 0.4) is 0 Å². The first-order valence-electron chi connectivity index (χ1n) is 10.2. The number of benzene rings is 3. The Labute approximate surface area is 194 Å². The van der Waals surface area contributed by atoms with E-state index in [0.717, 1.165) is 4.90 Å². The molecule has 0 fully saturated rings. The molecule has 3 aromatic carbocycles. The second-order valence-corrected chi connectivity index (χ2v) is 7.23. The Bertz CT molecular complexity index is 1260. The van der Waals surface area contributed by atoms with Crippen LogP contribution in [-0.4, -0.2) is 47.9 Å². The smallest absolute Gasteiger partial charge is 0.310 e. The molecule has 0 N–H and O–H groups in total. The zero-order valence-electron chi connectivity index (χ0n) is 18.0. The molecule has 0 aromatic heterocycles. The monoisotopic (exact) mass is 461 g/mol. The fraction of sp³-hybridized carbons (Fsp3) is 0.125. The lowest BCUT2D eigenvalue weighted by molar-refractivity contribution is -0.385. The fourth-order valence-electron chi connectivity index (χ4n) is 3.60. The number of imide groups is 1. The van der Waals surface area contributed by atoms with Crippen molar-refractivity contribution in [2.24, 2.45) is 0 Å². The third-order valence-corrected chi connectivity index (χ3v) is 5.25. The number of amides is 3. The molecule has 0 radical (unpaired) electrons. The number of nitro benzene ring substituents is 1. The molecule has 172 valence electrons. The standard InChI is InChI=1S/C24H19N3O7/c1-33-20-12-6-4-10-18(20)25(15-26-23(29)16-8-2-3-9-17(16)24(26)30)22(28)14-34-21-13-7-5-11-19(21)27(31)32/h2-13H,14-15H2,1H3. The average Bonchev–Trinajstić information content (AvgIpc) is 3.10. The Hall–Kier alpha value is -4.73. The Morgan fingerprint density at radius 1 is 0.912 bits per heavy atom. The minimum atomic E-state index is -0.640. The second kappa shape index (κ2) is 9.41. The molecular weight excluding hydrogens is 442 g/mol. The maximum Gasteiger partial charge on any atom is 0.310 e. The van der Waals surface area contributed by atoms with Crippen LogP contribution in [0.25, 0.3) is 0 Å². The maximum absolute atomic E-state index is 13.3. The number of rotatable bonds is 8. The van der Waals surface area contributed by atoms with Crippen LogP contribution < -0.4 is 14.4 Å². The van der Waals surface area contributed by atoms with Crippen LogP contribution in [0.5, 0.6) is 11.5 Å². The normalized spacial score (nSPS) is 12.3. The molecule has 1 aliphatic rings. The lowest BCUT2D eigenvalue weighted by Crippen LogP contribution is -2.46. The first kappa shape index (κ1) is 22.5. The van der Waals surface area contributed by atoms with Gasteiger partial charge in [0, 0.05) is 6.07 Å². The third-order valence-electron chi connectivity index (χ3n) is 5.25. The van der Waals surface area contributed by atoms with Crippen molar-refractivity contribution in [3.8, 4) is 11.5 Å². The topological polar surface area (TPSA) is 119 Å². The summed E-state index contributed by atoms with van der Waals surface area (Å²) in [6.07, 6.45) is 0. The molecule has 0 bridgehead atoms. The van der Waals surface area contributed by atoms with E-state index in [9.17, 15) is 24.5 Å². The van der Waals surface area contributed by atoms with Crippen molar-refractivity contribution in [2.45, 2.75) is 0 Å². The van der Waals surface area contributed by atoms with Crippen LogP contribution in [0.2, 0.25) is 0 Å². The number of fused-ring (bicyclic) bond motifs is 1. The van der Waals surface area contributed by atoms with Gasteiger partial charge < -0.3 is 9.47 Å². The van der Waals surface area contributed by atoms with Gasteiger partial charge in [-0.1, -0.05) is 36.4 Å². The van der Waals surface area contributed by atoms with E-state index in [1.54, 1.807) is 54.6 Å². The van der Waals surface area contributed by atoms with Crippen molar-refractivity contribution in [3.05, 3.63) is 94.0 Å². The summed E-state index contributed by atoms with van der Waals surface area (Å²) in [6.45, 7) is -0.974. The van der Waals surface area contributed by atoms with Crippen molar-refractivity contribution >= 4 is 29.1 Å². The highest BCUT2D eigenvalue weighted by Gasteiger charge is 2.37. The first-order chi connectivity index (χ1) is 16.4. The van der Waals surface area contributed by atoms with Crippen LogP contribution in [0.15, 0.2) is 72.8 Å². The molecule has 4 rings (SSSR count). The largest absolute Gasteiger partial charge is 0.495 e. The summed E-state index contributed by atoms with van der Waals surface area (Å²) in [6, 6.07) is 18.7. The van der Waals surface area contributed by atoms with Gasteiger partial charge in [-0.2, -0.15) is 0 Å². The Morgan fingerprint density at radius 2 is 1.47 bits per heavy atom. The SMILES string of the molecule is COc1ccccc1N(CN1C(=O)c2ccccc2C1=O)C(=O)COc1ccccc1[N+](=O)[O-]. The average molecular weight is 461 g/mol. The summed E-state index contributed by atoms with van der Waals surface area (Å²) < 4.78 is 10.8. The van der Waals surface area contributed by atoms with Crippen molar-refractivity contribution in [3.63, 3.8) is 0 Å². The fourth-order valence-corrected chi connectivity index (χ4v) is 3.60. The second-order valence-electron chi connectivity index (χ2n) is 7.23. The van der Waals surface area contributed by atoms with Crippen molar-refractivity contribution in [2.75, 3.05) is 25.3 Å². The summed E-state index contributed by atoms with van der Waals surface area (Å²) in [5.41, 5.74) is 0.504. The van der Waals surface area contributed by atoms with Gasteiger partial charge in [-0.05, 0) is 30.3 Å². The van der Waals surface area contributed by atoms with Crippen LogP contribution in [0, 0.1) is 10.1 Å². The molecule has 0 atom stereocenters. The number of carbonyl (C=O) groups is 3. The molecule has 10 nitrogen and oxygen atoms in total. The minimum absolute atomic E-state index is 0.0819. The number of methoxy groups -OCH3 is 1. The third kappa shape index (κ3) is 4.16. The summed E-state index contributed by atoms with van der Waals surface area (Å²) in [5, 5.41) is 11.2. The van der Waals surface area contributed by atoms with Gasteiger partial charge in [0.2, 0.25) is 0 Å². The molecule has 1 aliphatic heterocycles. The molecule has 0 spiro atoms. The summed E-state index contributed by atoms with van der Waals surface area (Å²) in [5.74, 6) is -1.46. The van der Waals surface area contributed by atoms with Crippen LogP contribution >= 0.6 is 0 Å². The Kier molecular flexibility index (Phi) is 6.22. The van der Waals surface area contributed by atoms with Gasteiger partial charge in [0.1, 0.15) is 12.4 Å². The summed E-state index contributed by atoms with van der Waals surface area (Å²) in [7, 11) is 1.42. The number of hydrogen-bond acceptors (Lipinski definition) is 7. The zero-order valence-corrected chi connectivity index (χ0v) is 18.0. The highest BCUT2D eigenvalue weighted by Crippen LogP contribution is 2.31. The van der Waals surface area contributed by atoms with E-state index in [-0.39, 0.29) is 22.6 Å². The van der Waals surface area contributed by atoms with E-state index in [1.807, 2.05) is 0 Å². The number of para-hydroxylation sites is 4.